The van der Waals surface area contributed by atoms with Crippen molar-refractivity contribution in [3.63, 3.8) is 0 Å². The number of ether oxygens (including phenoxy) is 1. The number of carbonyl (C=O) groups is 1. The molecule has 0 saturated carbocycles. The smallest absolute Gasteiger partial charge is 0.276 e. The zero-order chi connectivity index (χ0) is 18.0. The molecular formula is C18H24N4O3. The highest BCUT2D eigenvalue weighted by Gasteiger charge is 2.30. The normalized spacial score (nSPS) is 15.5. The number of nitrogen functional groups attached to an aromatic ring is 1. The van der Waals surface area contributed by atoms with E-state index in [1.54, 1.807) is 18.2 Å². The van der Waals surface area contributed by atoms with Crippen LogP contribution < -0.4 is 15.8 Å². The lowest BCUT2D eigenvalue weighted by Gasteiger charge is -2.28. The fourth-order valence-electron chi connectivity index (χ4n) is 3.12. The van der Waals surface area contributed by atoms with Gasteiger partial charge in [-0.25, -0.2) is 0 Å². The summed E-state index contributed by atoms with van der Waals surface area (Å²) in [4.78, 5) is 12.6. The number of hydrogen-bond acceptors (Lipinski definition) is 5. The molecule has 0 spiro atoms. The van der Waals surface area contributed by atoms with Crippen LogP contribution in [0.2, 0.25) is 0 Å². The van der Waals surface area contributed by atoms with Crippen molar-refractivity contribution in [1.82, 2.24) is 10.2 Å². The van der Waals surface area contributed by atoms with E-state index in [-0.39, 0.29) is 24.5 Å². The Hall–Kier alpha value is -2.54. The summed E-state index contributed by atoms with van der Waals surface area (Å²) >= 11 is 0. The van der Waals surface area contributed by atoms with E-state index in [0.717, 1.165) is 30.5 Å². The fraction of sp³-hybridized carbons (Fsp3) is 0.444. The van der Waals surface area contributed by atoms with Crippen molar-refractivity contribution in [3.05, 3.63) is 35.2 Å². The van der Waals surface area contributed by atoms with Gasteiger partial charge in [-0.3, -0.25) is 9.89 Å². The maximum absolute atomic E-state index is 12.6. The zero-order valence-electron chi connectivity index (χ0n) is 14.6. The van der Waals surface area contributed by atoms with Gasteiger partial charge in [0, 0.05) is 17.3 Å². The third-order valence-electron chi connectivity index (χ3n) is 4.51. The number of H-pyrrole nitrogens is 1. The van der Waals surface area contributed by atoms with E-state index in [1.165, 1.54) is 0 Å². The summed E-state index contributed by atoms with van der Waals surface area (Å²) in [7, 11) is 0. The first kappa shape index (κ1) is 17.3. The van der Waals surface area contributed by atoms with Crippen molar-refractivity contribution >= 4 is 17.3 Å². The molecule has 1 aliphatic rings. The number of aliphatic hydroxyl groups is 1. The third kappa shape index (κ3) is 3.76. The van der Waals surface area contributed by atoms with Crippen LogP contribution in [-0.2, 0) is 12.8 Å². The highest BCUT2D eigenvalue weighted by Crippen LogP contribution is 2.35. The molecule has 1 amide bonds. The molecule has 25 heavy (non-hydrogen) atoms. The maximum Gasteiger partial charge on any atom is 0.276 e. The average Bonchev–Trinajstić information content (AvgIpc) is 2.96. The van der Waals surface area contributed by atoms with E-state index in [4.69, 9.17) is 15.6 Å². The van der Waals surface area contributed by atoms with Crippen molar-refractivity contribution < 1.29 is 14.6 Å². The molecule has 2 aromatic rings. The van der Waals surface area contributed by atoms with Crippen molar-refractivity contribution in [1.29, 1.82) is 0 Å². The van der Waals surface area contributed by atoms with E-state index in [9.17, 15) is 4.79 Å². The summed E-state index contributed by atoms with van der Waals surface area (Å²) in [6.07, 6.45) is 2.76. The number of carbonyl (C=O) groups excluding carboxylic acids is 1. The van der Waals surface area contributed by atoms with Crippen LogP contribution in [0.4, 0.5) is 11.4 Å². The summed E-state index contributed by atoms with van der Waals surface area (Å²) in [5.74, 6) is 0.275. The third-order valence-corrected chi connectivity index (χ3v) is 4.51. The van der Waals surface area contributed by atoms with Crippen LogP contribution in [0.3, 0.4) is 0 Å². The number of nitrogens with one attached hydrogen (secondary N) is 2. The van der Waals surface area contributed by atoms with E-state index in [0.29, 0.717) is 22.8 Å². The first-order valence-corrected chi connectivity index (χ1v) is 8.40. The van der Waals surface area contributed by atoms with Crippen LogP contribution in [0.5, 0.6) is 5.75 Å². The van der Waals surface area contributed by atoms with Crippen molar-refractivity contribution in [2.75, 3.05) is 24.3 Å². The van der Waals surface area contributed by atoms with E-state index in [1.807, 2.05) is 0 Å². The second-order valence-electron chi connectivity index (χ2n) is 7.15. The Morgan fingerprint density at radius 1 is 1.48 bits per heavy atom. The first-order chi connectivity index (χ1) is 11.9. The predicted molar refractivity (Wildman–Crippen MR) is 95.8 cm³/mol. The Morgan fingerprint density at radius 2 is 2.28 bits per heavy atom. The molecule has 0 bridgehead atoms. The molecule has 5 N–H and O–H groups in total. The van der Waals surface area contributed by atoms with Gasteiger partial charge < -0.3 is 20.9 Å². The van der Waals surface area contributed by atoms with Gasteiger partial charge >= 0.3 is 0 Å². The van der Waals surface area contributed by atoms with E-state index < -0.39 is 0 Å². The number of aromatic nitrogens is 2. The molecule has 1 aromatic heterocycles. The molecule has 0 atom stereocenters. The lowest BCUT2D eigenvalue weighted by molar-refractivity contribution is 0.102. The standard InChI is InChI=1S/C18H24N4O3/c1-18(2)6-5-12-15(10-18)21-22-16(12)17(24)20-14-4-3-11(9-13(14)19)25-8-7-23/h3-4,9,23H,5-8,10,19H2,1-2H3,(H,20,24)(H,21,22). The molecule has 0 unspecified atom stereocenters. The van der Waals surface area contributed by atoms with Crippen LogP contribution in [0.25, 0.3) is 0 Å². The molecule has 1 aliphatic carbocycles. The minimum absolute atomic E-state index is 0.0700. The number of aliphatic hydroxyl groups excluding tert-OH is 1. The van der Waals surface area contributed by atoms with Gasteiger partial charge in [-0.05, 0) is 36.8 Å². The lowest BCUT2D eigenvalue weighted by atomic mass is 9.76. The number of aromatic amines is 1. The first-order valence-electron chi connectivity index (χ1n) is 8.40. The number of nitrogens with zero attached hydrogens (tertiary/aromatic N) is 1. The largest absolute Gasteiger partial charge is 0.491 e. The predicted octanol–water partition coefficient (Wildman–Crippen LogP) is 2.13. The highest BCUT2D eigenvalue weighted by atomic mass is 16.5. The van der Waals surface area contributed by atoms with Crippen molar-refractivity contribution in [2.45, 2.75) is 33.1 Å². The van der Waals surface area contributed by atoms with Crippen LogP contribution in [-0.4, -0.2) is 34.4 Å². The van der Waals surface area contributed by atoms with Gasteiger partial charge in [0.25, 0.3) is 5.91 Å². The number of rotatable bonds is 5. The van der Waals surface area contributed by atoms with Gasteiger partial charge in [0.05, 0.1) is 18.0 Å². The monoisotopic (exact) mass is 344 g/mol. The molecule has 1 aromatic carbocycles. The molecule has 0 aliphatic heterocycles. The summed E-state index contributed by atoms with van der Waals surface area (Å²) in [6, 6.07) is 5.00. The van der Waals surface area contributed by atoms with Crippen molar-refractivity contribution in [3.8, 4) is 5.75 Å². The molecule has 0 radical (unpaired) electrons. The van der Waals surface area contributed by atoms with Crippen LogP contribution in [0.15, 0.2) is 18.2 Å². The average molecular weight is 344 g/mol. The molecule has 0 saturated heterocycles. The molecule has 3 rings (SSSR count). The minimum Gasteiger partial charge on any atom is -0.491 e. The van der Waals surface area contributed by atoms with Gasteiger partial charge in [0.15, 0.2) is 5.69 Å². The number of anilines is 2. The second-order valence-corrected chi connectivity index (χ2v) is 7.15. The molecule has 134 valence electrons. The van der Waals surface area contributed by atoms with Gasteiger partial charge in [-0.1, -0.05) is 13.8 Å². The molecule has 0 fully saturated rings. The Bertz CT molecular complexity index is 783. The lowest BCUT2D eigenvalue weighted by Crippen LogP contribution is -2.23. The SMILES string of the molecule is CC1(C)CCc2c(C(=O)Nc3ccc(OCCO)cc3N)n[nH]c2C1. The van der Waals surface area contributed by atoms with Crippen LogP contribution in [0.1, 0.15) is 42.0 Å². The Kier molecular flexibility index (Phi) is 4.67. The van der Waals surface area contributed by atoms with Gasteiger partial charge in [0.1, 0.15) is 12.4 Å². The van der Waals surface area contributed by atoms with E-state index in [2.05, 4.69) is 29.4 Å². The van der Waals surface area contributed by atoms with E-state index >= 15 is 0 Å². The summed E-state index contributed by atoms with van der Waals surface area (Å²) in [5.41, 5.74) is 9.59. The number of hydrogen-bond donors (Lipinski definition) is 4. The number of amides is 1. The Balaban J connectivity index is 1.74. The topological polar surface area (TPSA) is 113 Å². The van der Waals surface area contributed by atoms with Crippen LogP contribution in [0, 0.1) is 5.41 Å². The highest BCUT2D eigenvalue weighted by molar-refractivity contribution is 6.05. The zero-order valence-corrected chi connectivity index (χ0v) is 14.6. The van der Waals surface area contributed by atoms with Crippen molar-refractivity contribution in [2.24, 2.45) is 5.41 Å². The number of nitrogens with two attached hydrogens (primary N) is 1. The Labute approximate surface area is 146 Å². The van der Waals surface area contributed by atoms with Gasteiger partial charge in [-0.15, -0.1) is 0 Å². The number of fused-ring (bicyclic) bond motifs is 1. The molecule has 1 heterocycles. The number of benzene rings is 1. The quantitative estimate of drug-likeness (QED) is 0.621. The maximum atomic E-state index is 12.6. The summed E-state index contributed by atoms with van der Waals surface area (Å²) in [6.45, 7) is 4.57. The summed E-state index contributed by atoms with van der Waals surface area (Å²) in [5, 5.41) is 18.8. The van der Waals surface area contributed by atoms with Crippen LogP contribution >= 0.6 is 0 Å². The molecule has 7 nitrogen and oxygen atoms in total. The Morgan fingerprint density at radius 3 is 3.00 bits per heavy atom. The summed E-state index contributed by atoms with van der Waals surface area (Å²) < 4.78 is 5.30. The fourth-order valence-corrected chi connectivity index (χ4v) is 3.12. The second kappa shape index (κ2) is 6.76. The van der Waals surface area contributed by atoms with Gasteiger partial charge in [0.2, 0.25) is 0 Å². The molecule has 7 heteroatoms. The minimum atomic E-state index is -0.270. The van der Waals surface area contributed by atoms with Gasteiger partial charge in [-0.2, -0.15) is 5.10 Å². The molecular weight excluding hydrogens is 320 g/mol.